The topological polar surface area (TPSA) is 20.2 Å². The maximum Gasteiger partial charge on any atom is 0.133 e. The lowest BCUT2D eigenvalue weighted by atomic mass is 9.95. The third-order valence-corrected chi connectivity index (χ3v) is 3.01. The molecule has 2 heteroatoms. The van der Waals surface area contributed by atoms with Gasteiger partial charge < -0.3 is 5.11 Å². The van der Waals surface area contributed by atoms with E-state index in [2.05, 4.69) is 49.7 Å². The van der Waals surface area contributed by atoms with Gasteiger partial charge in [-0.1, -0.05) is 33.8 Å². The highest BCUT2D eigenvalue weighted by molar-refractivity contribution is 9.10. The van der Waals surface area contributed by atoms with Gasteiger partial charge in [0.1, 0.15) is 5.75 Å². The van der Waals surface area contributed by atoms with E-state index in [4.69, 9.17) is 0 Å². The summed E-state index contributed by atoms with van der Waals surface area (Å²) in [5, 5.41) is 9.83. The van der Waals surface area contributed by atoms with Gasteiger partial charge in [0.15, 0.2) is 0 Å². The lowest BCUT2D eigenvalue weighted by Crippen LogP contribution is -1.94. The summed E-state index contributed by atoms with van der Waals surface area (Å²) < 4.78 is 0.799. The van der Waals surface area contributed by atoms with Gasteiger partial charge in [-0.05, 0) is 45.0 Å². The average molecular weight is 257 g/mol. The molecule has 0 saturated carbocycles. The SMILES string of the molecule is CC(C)c1cc(Br)c(O)c(C(C)C)c1. The minimum atomic E-state index is 0.352. The first-order valence-electron chi connectivity index (χ1n) is 4.95. The van der Waals surface area contributed by atoms with E-state index in [9.17, 15) is 5.11 Å². The Kier molecular flexibility index (Phi) is 3.59. The molecule has 0 atom stereocenters. The number of phenolic OH excluding ortho intramolecular Hbond substituents is 1. The first-order valence-corrected chi connectivity index (χ1v) is 5.75. The van der Waals surface area contributed by atoms with Crippen molar-refractivity contribution < 1.29 is 5.11 Å². The van der Waals surface area contributed by atoms with Crippen LogP contribution in [0.5, 0.6) is 5.75 Å². The molecule has 1 N–H and O–H groups in total. The van der Waals surface area contributed by atoms with Crippen molar-refractivity contribution in [1.82, 2.24) is 0 Å². The normalized spacial score (nSPS) is 11.4. The summed E-state index contributed by atoms with van der Waals surface area (Å²) in [5.74, 6) is 1.22. The Balaban J connectivity index is 3.28. The summed E-state index contributed by atoms with van der Waals surface area (Å²) in [7, 11) is 0. The van der Waals surface area contributed by atoms with Crippen LogP contribution < -0.4 is 0 Å². The van der Waals surface area contributed by atoms with E-state index < -0.39 is 0 Å². The molecular formula is C12H17BrO. The molecule has 0 amide bonds. The molecule has 0 radical (unpaired) electrons. The van der Waals surface area contributed by atoms with E-state index in [0.717, 1.165) is 10.0 Å². The van der Waals surface area contributed by atoms with E-state index in [1.807, 2.05) is 6.07 Å². The molecule has 0 aliphatic rings. The number of aromatic hydroxyl groups is 1. The number of benzene rings is 1. The number of rotatable bonds is 2. The van der Waals surface area contributed by atoms with E-state index in [0.29, 0.717) is 17.6 Å². The molecule has 0 fully saturated rings. The quantitative estimate of drug-likeness (QED) is 0.832. The van der Waals surface area contributed by atoms with E-state index in [-0.39, 0.29) is 0 Å². The maximum atomic E-state index is 9.83. The van der Waals surface area contributed by atoms with Crippen LogP contribution in [-0.4, -0.2) is 5.11 Å². The van der Waals surface area contributed by atoms with Crippen molar-refractivity contribution in [2.75, 3.05) is 0 Å². The first-order chi connectivity index (χ1) is 6.43. The standard InChI is InChI=1S/C12H17BrO/c1-7(2)9-5-10(8(3)4)12(14)11(13)6-9/h5-8,14H,1-4H3. The minimum Gasteiger partial charge on any atom is -0.506 e. The molecule has 1 aromatic carbocycles. The first kappa shape index (κ1) is 11.6. The van der Waals surface area contributed by atoms with Gasteiger partial charge in [-0.15, -0.1) is 0 Å². The van der Waals surface area contributed by atoms with Gasteiger partial charge in [-0.25, -0.2) is 0 Å². The molecule has 14 heavy (non-hydrogen) atoms. The zero-order chi connectivity index (χ0) is 10.9. The molecule has 0 heterocycles. The van der Waals surface area contributed by atoms with Crippen LogP contribution in [0.3, 0.4) is 0 Å². The van der Waals surface area contributed by atoms with Crippen molar-refractivity contribution in [2.45, 2.75) is 39.5 Å². The molecule has 1 nitrogen and oxygen atoms in total. The van der Waals surface area contributed by atoms with Crippen LogP contribution in [0.2, 0.25) is 0 Å². The van der Waals surface area contributed by atoms with Gasteiger partial charge in [-0.3, -0.25) is 0 Å². The van der Waals surface area contributed by atoms with Crippen molar-refractivity contribution in [1.29, 1.82) is 0 Å². The van der Waals surface area contributed by atoms with Crippen LogP contribution in [-0.2, 0) is 0 Å². The summed E-state index contributed by atoms with van der Waals surface area (Å²) >= 11 is 3.38. The number of hydrogen-bond acceptors (Lipinski definition) is 1. The highest BCUT2D eigenvalue weighted by atomic mass is 79.9. The minimum absolute atomic E-state index is 0.352. The molecular weight excluding hydrogens is 240 g/mol. The third kappa shape index (κ3) is 2.30. The molecule has 0 saturated heterocycles. The second-order valence-electron chi connectivity index (χ2n) is 4.25. The zero-order valence-electron chi connectivity index (χ0n) is 9.13. The molecule has 1 rings (SSSR count). The highest BCUT2D eigenvalue weighted by Crippen LogP contribution is 2.35. The van der Waals surface area contributed by atoms with Gasteiger partial charge in [0, 0.05) is 0 Å². The van der Waals surface area contributed by atoms with E-state index >= 15 is 0 Å². The van der Waals surface area contributed by atoms with E-state index in [1.165, 1.54) is 5.56 Å². The van der Waals surface area contributed by atoms with Gasteiger partial charge in [0.2, 0.25) is 0 Å². The van der Waals surface area contributed by atoms with Crippen molar-refractivity contribution in [3.05, 3.63) is 27.7 Å². The summed E-state index contributed by atoms with van der Waals surface area (Å²) in [4.78, 5) is 0. The highest BCUT2D eigenvalue weighted by Gasteiger charge is 2.12. The summed E-state index contributed by atoms with van der Waals surface area (Å²) in [6.45, 7) is 8.49. The Bertz CT molecular complexity index is 329. The Labute approximate surface area is 94.3 Å². The Morgan fingerprint density at radius 1 is 1.07 bits per heavy atom. The Morgan fingerprint density at radius 2 is 1.64 bits per heavy atom. The fraction of sp³-hybridized carbons (Fsp3) is 0.500. The van der Waals surface area contributed by atoms with Crippen molar-refractivity contribution >= 4 is 15.9 Å². The van der Waals surface area contributed by atoms with Crippen LogP contribution in [0.15, 0.2) is 16.6 Å². The molecule has 0 unspecified atom stereocenters. The molecule has 1 aromatic rings. The summed E-state index contributed by atoms with van der Waals surface area (Å²) in [6.07, 6.45) is 0. The molecule has 78 valence electrons. The fourth-order valence-corrected chi connectivity index (χ4v) is 1.91. The number of phenols is 1. The van der Waals surface area contributed by atoms with Crippen LogP contribution in [0.25, 0.3) is 0 Å². The molecule has 0 aliphatic carbocycles. The Morgan fingerprint density at radius 3 is 2.07 bits per heavy atom. The van der Waals surface area contributed by atoms with Crippen LogP contribution in [0.1, 0.15) is 50.7 Å². The maximum absolute atomic E-state index is 9.83. The van der Waals surface area contributed by atoms with Gasteiger partial charge in [0.05, 0.1) is 4.47 Å². The average Bonchev–Trinajstić information content (AvgIpc) is 2.08. The van der Waals surface area contributed by atoms with Gasteiger partial charge >= 0.3 is 0 Å². The predicted octanol–water partition coefficient (Wildman–Crippen LogP) is 4.40. The Hall–Kier alpha value is -0.500. The smallest absolute Gasteiger partial charge is 0.133 e. The van der Waals surface area contributed by atoms with Crippen molar-refractivity contribution in [2.24, 2.45) is 0 Å². The predicted molar refractivity (Wildman–Crippen MR) is 64.0 cm³/mol. The number of hydrogen-bond donors (Lipinski definition) is 1. The monoisotopic (exact) mass is 256 g/mol. The van der Waals surface area contributed by atoms with Gasteiger partial charge in [0.25, 0.3) is 0 Å². The van der Waals surface area contributed by atoms with Crippen molar-refractivity contribution in [3.8, 4) is 5.75 Å². The molecule has 0 spiro atoms. The zero-order valence-corrected chi connectivity index (χ0v) is 10.7. The lowest BCUT2D eigenvalue weighted by Gasteiger charge is -2.14. The number of halogens is 1. The fourth-order valence-electron chi connectivity index (χ4n) is 1.42. The third-order valence-electron chi connectivity index (χ3n) is 2.40. The van der Waals surface area contributed by atoms with Crippen LogP contribution in [0.4, 0.5) is 0 Å². The largest absolute Gasteiger partial charge is 0.506 e. The van der Waals surface area contributed by atoms with Gasteiger partial charge in [-0.2, -0.15) is 0 Å². The summed E-state index contributed by atoms with van der Waals surface area (Å²) in [6, 6.07) is 4.08. The van der Waals surface area contributed by atoms with Crippen molar-refractivity contribution in [3.63, 3.8) is 0 Å². The molecule has 0 aliphatic heterocycles. The lowest BCUT2D eigenvalue weighted by molar-refractivity contribution is 0.461. The second kappa shape index (κ2) is 4.35. The van der Waals surface area contributed by atoms with Crippen LogP contribution >= 0.6 is 15.9 Å². The molecule has 0 bridgehead atoms. The van der Waals surface area contributed by atoms with E-state index in [1.54, 1.807) is 0 Å². The second-order valence-corrected chi connectivity index (χ2v) is 5.10. The summed E-state index contributed by atoms with van der Waals surface area (Å²) in [5.41, 5.74) is 2.28. The van der Waals surface area contributed by atoms with Crippen LogP contribution in [0, 0.1) is 0 Å². The molecule has 0 aromatic heterocycles.